The van der Waals surface area contributed by atoms with Gasteiger partial charge >= 0.3 is 0 Å². The Bertz CT molecular complexity index is 720. The first kappa shape index (κ1) is 18.2. The maximum Gasteiger partial charge on any atom is 0.187 e. The van der Waals surface area contributed by atoms with Crippen LogP contribution in [0.2, 0.25) is 0 Å². The third-order valence-electron chi connectivity index (χ3n) is 3.17. The molecule has 0 bridgehead atoms. The summed E-state index contributed by atoms with van der Waals surface area (Å²) in [6.07, 6.45) is 1.69. The fourth-order valence-corrected chi connectivity index (χ4v) is 2.58. The van der Waals surface area contributed by atoms with Crippen LogP contribution < -0.4 is 20.2 Å². The number of nitrogens with zero attached hydrogens (tertiary/aromatic N) is 1. The van der Waals surface area contributed by atoms with Crippen LogP contribution in [0.25, 0.3) is 0 Å². The number of benzene rings is 2. The highest BCUT2D eigenvalue weighted by atomic mass is 79.9. The zero-order valence-electron chi connectivity index (χ0n) is 13.4. The summed E-state index contributed by atoms with van der Waals surface area (Å²) in [7, 11) is 3.27. The summed E-state index contributed by atoms with van der Waals surface area (Å²) in [6.45, 7) is 0.611. The molecule has 5 nitrogen and oxygen atoms in total. The molecule has 0 saturated heterocycles. The van der Waals surface area contributed by atoms with Crippen LogP contribution in [-0.4, -0.2) is 25.5 Å². The van der Waals surface area contributed by atoms with Gasteiger partial charge in [-0.1, -0.05) is 12.1 Å². The van der Waals surface area contributed by atoms with Gasteiger partial charge in [-0.25, -0.2) is 0 Å². The second-order valence-corrected chi connectivity index (χ2v) is 6.06. The molecule has 2 N–H and O–H groups in total. The van der Waals surface area contributed by atoms with Gasteiger partial charge in [0, 0.05) is 6.54 Å². The average Bonchev–Trinajstić information content (AvgIpc) is 2.60. The second kappa shape index (κ2) is 9.24. The SMILES string of the molecule is COc1ccc(CNC(=S)N/N=C\c2ccc(OC)c(Br)c2)cc1. The summed E-state index contributed by atoms with van der Waals surface area (Å²) < 4.78 is 11.2. The molecule has 0 fully saturated rings. The Labute approximate surface area is 155 Å². The molecule has 24 heavy (non-hydrogen) atoms. The van der Waals surface area contributed by atoms with E-state index < -0.39 is 0 Å². The van der Waals surface area contributed by atoms with Crippen LogP contribution in [0.5, 0.6) is 11.5 Å². The fraction of sp³-hybridized carbons (Fsp3) is 0.176. The van der Waals surface area contributed by atoms with E-state index in [9.17, 15) is 0 Å². The molecule has 0 atom stereocenters. The number of hydrazone groups is 1. The van der Waals surface area contributed by atoms with Crippen molar-refractivity contribution in [2.24, 2.45) is 5.10 Å². The van der Waals surface area contributed by atoms with Gasteiger partial charge in [-0.2, -0.15) is 5.10 Å². The van der Waals surface area contributed by atoms with Crippen LogP contribution >= 0.6 is 28.1 Å². The molecule has 0 aliphatic carbocycles. The average molecular weight is 408 g/mol. The Kier molecular flexibility index (Phi) is 7.02. The number of rotatable bonds is 6. The van der Waals surface area contributed by atoms with Gasteiger partial charge in [-0.05, 0) is 69.6 Å². The third-order valence-corrected chi connectivity index (χ3v) is 4.02. The highest BCUT2D eigenvalue weighted by Crippen LogP contribution is 2.24. The van der Waals surface area contributed by atoms with E-state index in [4.69, 9.17) is 21.7 Å². The first-order valence-corrected chi connectivity index (χ1v) is 8.36. The monoisotopic (exact) mass is 407 g/mol. The maximum absolute atomic E-state index is 5.19. The first-order valence-electron chi connectivity index (χ1n) is 7.15. The van der Waals surface area contributed by atoms with E-state index >= 15 is 0 Å². The van der Waals surface area contributed by atoms with Crippen molar-refractivity contribution in [2.45, 2.75) is 6.54 Å². The number of hydrogen-bond acceptors (Lipinski definition) is 4. The Balaban J connectivity index is 1.80. The topological polar surface area (TPSA) is 54.9 Å². The molecular formula is C17H18BrN3O2S. The van der Waals surface area contributed by atoms with Crippen LogP contribution in [-0.2, 0) is 6.54 Å². The van der Waals surface area contributed by atoms with Crippen LogP contribution in [0.4, 0.5) is 0 Å². The highest BCUT2D eigenvalue weighted by Gasteiger charge is 2.00. The van der Waals surface area contributed by atoms with Crippen LogP contribution in [0.1, 0.15) is 11.1 Å². The summed E-state index contributed by atoms with van der Waals surface area (Å²) in [5, 5.41) is 7.66. The van der Waals surface area contributed by atoms with Gasteiger partial charge in [-0.15, -0.1) is 0 Å². The van der Waals surface area contributed by atoms with E-state index in [-0.39, 0.29) is 0 Å². The van der Waals surface area contributed by atoms with E-state index in [1.165, 1.54) is 0 Å². The summed E-state index contributed by atoms with van der Waals surface area (Å²) in [4.78, 5) is 0. The summed E-state index contributed by atoms with van der Waals surface area (Å²) >= 11 is 8.63. The van der Waals surface area contributed by atoms with Gasteiger partial charge < -0.3 is 14.8 Å². The molecule has 0 aromatic heterocycles. The van der Waals surface area contributed by atoms with Gasteiger partial charge in [0.2, 0.25) is 0 Å². The summed E-state index contributed by atoms with van der Waals surface area (Å²) in [6, 6.07) is 13.5. The van der Waals surface area contributed by atoms with Crippen LogP contribution in [0, 0.1) is 0 Å². The van der Waals surface area contributed by atoms with Crippen molar-refractivity contribution in [2.75, 3.05) is 14.2 Å². The van der Waals surface area contributed by atoms with Crippen molar-refractivity contribution in [3.63, 3.8) is 0 Å². The molecule has 2 aromatic carbocycles. The van der Waals surface area contributed by atoms with Crippen molar-refractivity contribution in [1.29, 1.82) is 0 Å². The zero-order valence-corrected chi connectivity index (χ0v) is 15.8. The molecule has 0 saturated carbocycles. The fourth-order valence-electron chi connectivity index (χ4n) is 1.89. The molecule has 0 radical (unpaired) electrons. The maximum atomic E-state index is 5.19. The van der Waals surface area contributed by atoms with Gasteiger partial charge in [0.15, 0.2) is 5.11 Å². The Morgan fingerprint density at radius 3 is 2.54 bits per heavy atom. The van der Waals surface area contributed by atoms with Gasteiger partial charge in [0.05, 0.1) is 24.9 Å². The first-order chi connectivity index (χ1) is 11.6. The smallest absolute Gasteiger partial charge is 0.187 e. The normalized spacial score (nSPS) is 10.5. The number of methoxy groups -OCH3 is 2. The summed E-state index contributed by atoms with van der Waals surface area (Å²) in [5.41, 5.74) is 4.81. The van der Waals surface area contributed by atoms with Crippen molar-refractivity contribution >= 4 is 39.5 Å². The Hall–Kier alpha value is -2.12. The quantitative estimate of drug-likeness (QED) is 0.436. The highest BCUT2D eigenvalue weighted by molar-refractivity contribution is 9.10. The number of hydrogen-bond donors (Lipinski definition) is 2. The Morgan fingerprint density at radius 2 is 1.92 bits per heavy atom. The number of ether oxygens (including phenoxy) is 2. The van der Waals surface area contributed by atoms with E-state index in [0.29, 0.717) is 11.7 Å². The van der Waals surface area contributed by atoms with E-state index in [0.717, 1.165) is 27.1 Å². The molecule has 0 unspecified atom stereocenters. The predicted molar refractivity (Wildman–Crippen MR) is 104 cm³/mol. The number of thiocarbonyl (C=S) groups is 1. The molecule has 0 amide bonds. The van der Waals surface area contributed by atoms with Gasteiger partial charge in [0.25, 0.3) is 0 Å². The molecule has 126 valence electrons. The van der Waals surface area contributed by atoms with E-state index in [2.05, 4.69) is 31.8 Å². The van der Waals surface area contributed by atoms with Crippen molar-refractivity contribution in [3.8, 4) is 11.5 Å². The molecule has 2 aromatic rings. The van der Waals surface area contributed by atoms with Crippen molar-refractivity contribution in [3.05, 3.63) is 58.1 Å². The molecule has 0 heterocycles. The minimum Gasteiger partial charge on any atom is -0.497 e. The zero-order chi connectivity index (χ0) is 17.4. The largest absolute Gasteiger partial charge is 0.497 e. The number of halogens is 1. The molecule has 2 rings (SSSR count). The second-order valence-electron chi connectivity index (χ2n) is 4.79. The molecule has 0 spiro atoms. The lowest BCUT2D eigenvalue weighted by molar-refractivity contribution is 0.412. The standard InChI is InChI=1S/C17H18BrN3O2S/c1-22-14-6-3-12(4-7-14)10-19-17(24)21-20-11-13-5-8-16(23-2)15(18)9-13/h3-9,11H,10H2,1-2H3,(H2,19,21,24)/b20-11-. The van der Waals surface area contributed by atoms with Gasteiger partial charge in [0.1, 0.15) is 11.5 Å². The molecule has 0 aliphatic heterocycles. The minimum atomic E-state index is 0.453. The predicted octanol–water partition coefficient (Wildman–Crippen LogP) is 3.46. The lowest BCUT2D eigenvalue weighted by atomic mass is 10.2. The molecule has 0 aliphatic rings. The van der Waals surface area contributed by atoms with E-state index in [1.54, 1.807) is 20.4 Å². The lowest BCUT2D eigenvalue weighted by Crippen LogP contribution is -2.31. The minimum absolute atomic E-state index is 0.453. The summed E-state index contributed by atoms with van der Waals surface area (Å²) in [5.74, 6) is 1.60. The lowest BCUT2D eigenvalue weighted by Gasteiger charge is -2.08. The molecular weight excluding hydrogens is 390 g/mol. The Morgan fingerprint density at radius 1 is 1.17 bits per heavy atom. The van der Waals surface area contributed by atoms with E-state index in [1.807, 2.05) is 42.5 Å². The van der Waals surface area contributed by atoms with Crippen molar-refractivity contribution < 1.29 is 9.47 Å². The van der Waals surface area contributed by atoms with Gasteiger partial charge in [-0.3, -0.25) is 5.43 Å². The third kappa shape index (κ3) is 5.50. The van der Waals surface area contributed by atoms with Crippen LogP contribution in [0.15, 0.2) is 52.0 Å². The molecule has 7 heteroatoms. The van der Waals surface area contributed by atoms with Crippen LogP contribution in [0.3, 0.4) is 0 Å². The van der Waals surface area contributed by atoms with Crippen molar-refractivity contribution in [1.82, 2.24) is 10.7 Å². The number of nitrogens with one attached hydrogen (secondary N) is 2.